The maximum atomic E-state index is 13.2. The Morgan fingerprint density at radius 1 is 1.00 bits per heavy atom. The second-order valence-electron chi connectivity index (χ2n) is 7.24. The summed E-state index contributed by atoms with van der Waals surface area (Å²) in [7, 11) is 0. The average molecular weight is 382 g/mol. The molecule has 0 unspecified atom stereocenters. The molecule has 0 radical (unpaired) electrons. The third kappa shape index (κ3) is 4.32. The maximum Gasteiger partial charge on any atom is 0.270 e. The first-order valence-corrected chi connectivity index (χ1v) is 9.90. The SMILES string of the molecule is CCCCCCCCN1C(=O)c2cc([N+](=O)[O-])ccc2Oc2cc(C)ccc21. The fraction of sp³-hybridized carbons (Fsp3) is 0.409. The van der Waals surface area contributed by atoms with Gasteiger partial charge in [0.25, 0.3) is 11.6 Å². The number of nitro benzene ring substituents is 1. The van der Waals surface area contributed by atoms with Gasteiger partial charge in [-0.15, -0.1) is 0 Å². The van der Waals surface area contributed by atoms with E-state index in [4.69, 9.17) is 4.74 Å². The van der Waals surface area contributed by atoms with Crippen LogP contribution in [0.4, 0.5) is 11.4 Å². The van der Waals surface area contributed by atoms with Crippen LogP contribution in [0.1, 0.15) is 61.4 Å². The van der Waals surface area contributed by atoms with Crippen LogP contribution in [0.3, 0.4) is 0 Å². The van der Waals surface area contributed by atoms with Crippen molar-refractivity contribution in [2.75, 3.05) is 11.4 Å². The summed E-state index contributed by atoms with van der Waals surface area (Å²) in [5.74, 6) is 0.703. The van der Waals surface area contributed by atoms with Crippen molar-refractivity contribution in [3.63, 3.8) is 0 Å². The molecular weight excluding hydrogens is 356 g/mol. The normalized spacial score (nSPS) is 12.8. The maximum absolute atomic E-state index is 13.2. The van der Waals surface area contributed by atoms with E-state index in [1.807, 2.05) is 25.1 Å². The lowest BCUT2D eigenvalue weighted by molar-refractivity contribution is -0.384. The summed E-state index contributed by atoms with van der Waals surface area (Å²) in [6.45, 7) is 4.71. The van der Waals surface area contributed by atoms with Gasteiger partial charge in [0, 0.05) is 18.7 Å². The topological polar surface area (TPSA) is 72.7 Å². The molecule has 0 bridgehead atoms. The Morgan fingerprint density at radius 3 is 2.50 bits per heavy atom. The Kier molecular flexibility index (Phi) is 6.29. The number of aryl methyl sites for hydroxylation is 1. The van der Waals surface area contributed by atoms with Gasteiger partial charge in [-0.05, 0) is 37.1 Å². The number of benzene rings is 2. The van der Waals surface area contributed by atoms with Crippen molar-refractivity contribution in [2.24, 2.45) is 0 Å². The number of rotatable bonds is 8. The van der Waals surface area contributed by atoms with Crippen LogP contribution in [0.15, 0.2) is 36.4 Å². The van der Waals surface area contributed by atoms with Gasteiger partial charge in [0.05, 0.1) is 16.2 Å². The van der Waals surface area contributed by atoms with Crippen molar-refractivity contribution in [1.82, 2.24) is 0 Å². The lowest BCUT2D eigenvalue weighted by Crippen LogP contribution is -2.31. The van der Waals surface area contributed by atoms with Crippen LogP contribution in [-0.2, 0) is 0 Å². The molecule has 28 heavy (non-hydrogen) atoms. The standard InChI is InChI=1S/C22H26N2O4/c1-3-4-5-6-7-8-13-23-19-11-9-16(2)14-21(19)28-20-12-10-17(24(26)27)15-18(20)22(23)25/h9-12,14-15H,3-8,13H2,1-2H3. The number of fused-ring (bicyclic) bond motifs is 2. The summed E-state index contributed by atoms with van der Waals surface area (Å²) in [6, 6.07) is 9.91. The summed E-state index contributed by atoms with van der Waals surface area (Å²) in [6.07, 6.45) is 6.72. The van der Waals surface area contributed by atoms with E-state index in [2.05, 4.69) is 6.92 Å². The second-order valence-corrected chi connectivity index (χ2v) is 7.24. The van der Waals surface area contributed by atoms with Gasteiger partial charge < -0.3 is 9.64 Å². The molecule has 0 saturated heterocycles. The molecule has 1 amide bonds. The molecular formula is C22H26N2O4. The molecule has 1 aliphatic rings. The van der Waals surface area contributed by atoms with E-state index in [1.165, 1.54) is 37.5 Å². The minimum Gasteiger partial charge on any atom is -0.454 e. The van der Waals surface area contributed by atoms with Crippen LogP contribution in [0.25, 0.3) is 0 Å². The van der Waals surface area contributed by atoms with Crippen LogP contribution in [0.2, 0.25) is 0 Å². The van der Waals surface area contributed by atoms with Crippen LogP contribution in [0.5, 0.6) is 11.5 Å². The van der Waals surface area contributed by atoms with Crippen molar-refractivity contribution in [2.45, 2.75) is 52.4 Å². The number of non-ortho nitro benzene ring substituents is 1. The first-order valence-electron chi connectivity index (χ1n) is 9.90. The quantitative estimate of drug-likeness (QED) is 0.318. The molecule has 2 aromatic rings. The van der Waals surface area contributed by atoms with Gasteiger partial charge in [-0.1, -0.05) is 45.1 Å². The van der Waals surface area contributed by atoms with Crippen molar-refractivity contribution < 1.29 is 14.5 Å². The molecule has 6 heteroatoms. The van der Waals surface area contributed by atoms with E-state index in [1.54, 1.807) is 4.90 Å². The number of amides is 1. The highest BCUT2D eigenvalue weighted by Crippen LogP contribution is 2.40. The van der Waals surface area contributed by atoms with Crippen LogP contribution in [-0.4, -0.2) is 17.4 Å². The fourth-order valence-electron chi connectivity index (χ4n) is 3.46. The Hall–Kier alpha value is -2.89. The van der Waals surface area contributed by atoms with Gasteiger partial charge >= 0.3 is 0 Å². The largest absolute Gasteiger partial charge is 0.454 e. The Labute approximate surface area is 165 Å². The van der Waals surface area contributed by atoms with E-state index in [0.717, 1.165) is 24.8 Å². The van der Waals surface area contributed by atoms with Crippen molar-refractivity contribution in [3.8, 4) is 11.5 Å². The number of carbonyl (C=O) groups is 1. The first-order chi connectivity index (χ1) is 13.5. The van der Waals surface area contributed by atoms with Gasteiger partial charge in [0.15, 0.2) is 5.75 Å². The predicted octanol–water partition coefficient (Wildman–Crippen LogP) is 6.02. The van der Waals surface area contributed by atoms with Crippen LogP contribution >= 0.6 is 0 Å². The van der Waals surface area contributed by atoms with Gasteiger partial charge in [-0.2, -0.15) is 0 Å². The summed E-state index contributed by atoms with van der Waals surface area (Å²) in [4.78, 5) is 25.6. The van der Waals surface area contributed by atoms with E-state index in [0.29, 0.717) is 23.7 Å². The zero-order chi connectivity index (χ0) is 20.1. The molecule has 2 aromatic carbocycles. The minimum absolute atomic E-state index is 0.114. The molecule has 0 saturated carbocycles. The van der Waals surface area contributed by atoms with E-state index in [9.17, 15) is 14.9 Å². The highest BCUT2D eigenvalue weighted by atomic mass is 16.6. The number of nitro groups is 1. The van der Waals surface area contributed by atoms with E-state index >= 15 is 0 Å². The third-order valence-corrected chi connectivity index (χ3v) is 5.01. The zero-order valence-electron chi connectivity index (χ0n) is 16.4. The number of ether oxygens (including phenoxy) is 1. The minimum atomic E-state index is -0.492. The van der Waals surface area contributed by atoms with E-state index < -0.39 is 4.92 Å². The third-order valence-electron chi connectivity index (χ3n) is 5.01. The fourth-order valence-corrected chi connectivity index (χ4v) is 3.46. The van der Waals surface area contributed by atoms with Crippen molar-refractivity contribution in [3.05, 3.63) is 57.6 Å². The summed E-state index contributed by atoms with van der Waals surface area (Å²) in [5, 5.41) is 11.2. The molecule has 1 aliphatic heterocycles. The highest BCUT2D eigenvalue weighted by Gasteiger charge is 2.29. The van der Waals surface area contributed by atoms with Crippen molar-refractivity contribution in [1.29, 1.82) is 0 Å². The number of hydrogen-bond donors (Lipinski definition) is 0. The first kappa shape index (κ1) is 19.9. The second kappa shape index (κ2) is 8.87. The Morgan fingerprint density at radius 2 is 1.75 bits per heavy atom. The molecule has 6 nitrogen and oxygen atoms in total. The molecule has 0 atom stereocenters. The van der Waals surface area contributed by atoms with E-state index in [-0.39, 0.29) is 17.2 Å². The molecule has 0 aliphatic carbocycles. The molecule has 0 N–H and O–H groups in total. The molecule has 3 rings (SSSR count). The van der Waals surface area contributed by atoms with Gasteiger partial charge in [0.2, 0.25) is 0 Å². The van der Waals surface area contributed by atoms with Crippen LogP contribution in [0, 0.1) is 17.0 Å². The number of unbranched alkanes of at least 4 members (excludes halogenated alkanes) is 5. The van der Waals surface area contributed by atoms with Gasteiger partial charge in [-0.3, -0.25) is 14.9 Å². The van der Waals surface area contributed by atoms with Crippen LogP contribution < -0.4 is 9.64 Å². The summed E-state index contributed by atoms with van der Waals surface area (Å²) in [5.41, 5.74) is 1.85. The number of anilines is 1. The number of hydrogen-bond acceptors (Lipinski definition) is 4. The predicted molar refractivity (Wildman–Crippen MR) is 109 cm³/mol. The lowest BCUT2D eigenvalue weighted by atomic mass is 10.1. The van der Waals surface area contributed by atoms with Crippen molar-refractivity contribution >= 4 is 17.3 Å². The molecule has 1 heterocycles. The van der Waals surface area contributed by atoms with Gasteiger partial charge in [-0.25, -0.2) is 0 Å². The average Bonchev–Trinajstić information content (AvgIpc) is 2.78. The number of carbonyl (C=O) groups excluding carboxylic acids is 1. The molecule has 0 aromatic heterocycles. The highest BCUT2D eigenvalue weighted by molar-refractivity contribution is 6.10. The smallest absolute Gasteiger partial charge is 0.270 e. The monoisotopic (exact) mass is 382 g/mol. The summed E-state index contributed by atoms with van der Waals surface area (Å²) >= 11 is 0. The lowest BCUT2D eigenvalue weighted by Gasteiger charge is -2.22. The van der Waals surface area contributed by atoms with Gasteiger partial charge in [0.1, 0.15) is 5.75 Å². The zero-order valence-corrected chi connectivity index (χ0v) is 16.4. The molecule has 0 spiro atoms. The molecule has 148 valence electrons. The Bertz CT molecular complexity index is 879. The number of nitrogens with zero attached hydrogens (tertiary/aromatic N) is 2. The molecule has 0 fully saturated rings. The Balaban J connectivity index is 1.89. The summed E-state index contributed by atoms with van der Waals surface area (Å²) < 4.78 is 5.99.